The summed E-state index contributed by atoms with van der Waals surface area (Å²) in [4.78, 5) is 27.2. The summed E-state index contributed by atoms with van der Waals surface area (Å²) in [6, 6.07) is 4.75. The van der Waals surface area contributed by atoms with Crippen molar-refractivity contribution in [3.63, 3.8) is 0 Å². The van der Waals surface area contributed by atoms with Crippen molar-refractivity contribution in [1.29, 1.82) is 0 Å². The number of anilines is 1. The Hall–Kier alpha value is -2.57. The maximum atomic E-state index is 11.7. The predicted octanol–water partition coefficient (Wildman–Crippen LogP) is 1.99. The Morgan fingerprint density at radius 3 is 2.64 bits per heavy atom. The van der Waals surface area contributed by atoms with Crippen LogP contribution in [0.4, 0.5) is 10.5 Å². The van der Waals surface area contributed by atoms with Gasteiger partial charge in [0.25, 0.3) is 0 Å². The summed E-state index contributed by atoms with van der Waals surface area (Å²) in [6.45, 7) is 5.97. The third-order valence-corrected chi connectivity index (χ3v) is 2.98. The van der Waals surface area contributed by atoms with Crippen LogP contribution in [0.1, 0.15) is 26.7 Å². The molecule has 1 heterocycles. The average molecular weight is 304 g/mol. The van der Waals surface area contributed by atoms with E-state index in [9.17, 15) is 9.59 Å². The molecule has 0 aliphatic heterocycles. The van der Waals surface area contributed by atoms with E-state index in [2.05, 4.69) is 20.9 Å². The molecule has 0 saturated heterocycles. The molecule has 0 radical (unpaired) electrons. The molecule has 0 aliphatic rings. The zero-order chi connectivity index (χ0) is 16.3. The van der Waals surface area contributed by atoms with Crippen LogP contribution in [0.15, 0.2) is 22.6 Å². The van der Waals surface area contributed by atoms with Gasteiger partial charge in [0.2, 0.25) is 11.8 Å². The average Bonchev–Trinajstić information content (AvgIpc) is 2.88. The molecule has 118 valence electrons. The number of carbonyl (C=O) groups excluding carboxylic acids is 2. The van der Waals surface area contributed by atoms with Gasteiger partial charge in [0.05, 0.1) is 6.54 Å². The first-order valence-electron chi connectivity index (χ1n) is 6.96. The standard InChI is InChI=1S/C15H20N4O3/c1-15(2,3)13-19-10-7-9(5-6-11(10)22-13)18-14(21)17-8-12(20)16-4/h5-7H,8H2,1-4H3,(H,16,20)(H2,17,18,21). The van der Waals surface area contributed by atoms with Crippen LogP contribution >= 0.6 is 0 Å². The number of carbonyl (C=O) groups is 2. The van der Waals surface area contributed by atoms with Gasteiger partial charge in [0, 0.05) is 18.2 Å². The normalized spacial score (nSPS) is 11.3. The summed E-state index contributed by atoms with van der Waals surface area (Å²) in [5.41, 5.74) is 1.74. The number of nitrogens with zero attached hydrogens (tertiary/aromatic N) is 1. The number of nitrogens with one attached hydrogen (secondary N) is 3. The van der Waals surface area contributed by atoms with Crippen LogP contribution in [-0.4, -0.2) is 30.5 Å². The second-order valence-corrected chi connectivity index (χ2v) is 5.93. The summed E-state index contributed by atoms with van der Waals surface area (Å²) in [5.74, 6) is 0.376. The number of urea groups is 1. The fourth-order valence-corrected chi connectivity index (χ4v) is 1.75. The number of aromatic nitrogens is 1. The Morgan fingerprint density at radius 2 is 2.00 bits per heavy atom. The fourth-order valence-electron chi connectivity index (χ4n) is 1.75. The minimum Gasteiger partial charge on any atom is -0.440 e. The molecule has 0 bridgehead atoms. The number of benzene rings is 1. The van der Waals surface area contributed by atoms with E-state index in [0.29, 0.717) is 22.7 Å². The number of rotatable bonds is 3. The van der Waals surface area contributed by atoms with E-state index >= 15 is 0 Å². The quantitative estimate of drug-likeness (QED) is 0.808. The van der Waals surface area contributed by atoms with Crippen molar-refractivity contribution >= 4 is 28.7 Å². The number of hydrogen-bond donors (Lipinski definition) is 3. The molecule has 7 nitrogen and oxygen atoms in total. The number of amides is 3. The van der Waals surface area contributed by atoms with E-state index in [4.69, 9.17) is 4.42 Å². The highest BCUT2D eigenvalue weighted by atomic mass is 16.3. The summed E-state index contributed by atoms with van der Waals surface area (Å²) in [6.07, 6.45) is 0. The van der Waals surface area contributed by atoms with Gasteiger partial charge in [-0.05, 0) is 18.2 Å². The maximum absolute atomic E-state index is 11.7. The number of oxazole rings is 1. The van der Waals surface area contributed by atoms with E-state index < -0.39 is 6.03 Å². The third kappa shape index (κ3) is 3.75. The predicted molar refractivity (Wildman–Crippen MR) is 83.8 cm³/mol. The van der Waals surface area contributed by atoms with Crippen LogP contribution in [0.5, 0.6) is 0 Å². The van der Waals surface area contributed by atoms with Crippen LogP contribution in [-0.2, 0) is 10.2 Å². The molecule has 0 unspecified atom stereocenters. The smallest absolute Gasteiger partial charge is 0.319 e. The van der Waals surface area contributed by atoms with Gasteiger partial charge in [-0.25, -0.2) is 9.78 Å². The lowest BCUT2D eigenvalue weighted by molar-refractivity contribution is -0.119. The van der Waals surface area contributed by atoms with Crippen LogP contribution in [0.2, 0.25) is 0 Å². The van der Waals surface area contributed by atoms with Crippen molar-refractivity contribution in [1.82, 2.24) is 15.6 Å². The highest BCUT2D eigenvalue weighted by Gasteiger charge is 2.21. The Kier molecular flexibility index (Phi) is 4.35. The van der Waals surface area contributed by atoms with Gasteiger partial charge in [0.1, 0.15) is 5.52 Å². The van der Waals surface area contributed by atoms with Gasteiger partial charge in [-0.3, -0.25) is 4.79 Å². The molecule has 0 atom stereocenters. The molecular weight excluding hydrogens is 284 g/mol. The number of likely N-dealkylation sites (N-methyl/N-ethyl adjacent to an activating group) is 1. The Labute approximate surface area is 128 Å². The molecule has 0 fully saturated rings. The third-order valence-electron chi connectivity index (χ3n) is 2.98. The Balaban J connectivity index is 2.09. The molecule has 3 N–H and O–H groups in total. The summed E-state index contributed by atoms with van der Waals surface area (Å²) < 4.78 is 5.69. The van der Waals surface area contributed by atoms with Gasteiger partial charge < -0.3 is 20.4 Å². The maximum Gasteiger partial charge on any atom is 0.319 e. The first-order valence-corrected chi connectivity index (χ1v) is 6.96. The minimum atomic E-state index is -0.456. The Bertz CT molecular complexity index is 700. The van der Waals surface area contributed by atoms with Gasteiger partial charge in [0.15, 0.2) is 5.58 Å². The van der Waals surface area contributed by atoms with Crippen LogP contribution in [0, 0.1) is 0 Å². The molecule has 0 aliphatic carbocycles. The zero-order valence-corrected chi connectivity index (χ0v) is 13.1. The van der Waals surface area contributed by atoms with E-state index in [1.54, 1.807) is 18.2 Å². The number of hydrogen-bond acceptors (Lipinski definition) is 4. The minimum absolute atomic E-state index is 0.0806. The van der Waals surface area contributed by atoms with Gasteiger partial charge >= 0.3 is 6.03 Å². The first-order chi connectivity index (χ1) is 10.3. The lowest BCUT2D eigenvalue weighted by Gasteiger charge is -2.11. The summed E-state index contributed by atoms with van der Waals surface area (Å²) >= 11 is 0. The lowest BCUT2D eigenvalue weighted by atomic mass is 9.97. The second-order valence-electron chi connectivity index (χ2n) is 5.93. The van der Waals surface area contributed by atoms with Crippen molar-refractivity contribution in [2.75, 3.05) is 18.9 Å². The van der Waals surface area contributed by atoms with Crippen molar-refractivity contribution < 1.29 is 14.0 Å². The van der Waals surface area contributed by atoms with Gasteiger partial charge in [-0.1, -0.05) is 20.8 Å². The van der Waals surface area contributed by atoms with E-state index in [1.807, 2.05) is 20.8 Å². The van der Waals surface area contributed by atoms with Crippen LogP contribution in [0.25, 0.3) is 11.1 Å². The summed E-state index contributed by atoms with van der Waals surface area (Å²) in [7, 11) is 1.51. The molecule has 3 amide bonds. The van der Waals surface area contributed by atoms with Crippen molar-refractivity contribution in [2.45, 2.75) is 26.2 Å². The fraction of sp³-hybridized carbons (Fsp3) is 0.400. The van der Waals surface area contributed by atoms with Crippen LogP contribution in [0.3, 0.4) is 0 Å². The SMILES string of the molecule is CNC(=O)CNC(=O)Nc1ccc2oc(C(C)(C)C)nc2c1. The van der Waals surface area contributed by atoms with Crippen molar-refractivity contribution in [2.24, 2.45) is 0 Å². The molecule has 2 aromatic rings. The molecule has 7 heteroatoms. The van der Waals surface area contributed by atoms with Crippen molar-refractivity contribution in [3.8, 4) is 0 Å². The number of fused-ring (bicyclic) bond motifs is 1. The second kappa shape index (κ2) is 6.05. The molecule has 0 saturated carbocycles. The molecule has 1 aromatic carbocycles. The molecular formula is C15H20N4O3. The van der Waals surface area contributed by atoms with Gasteiger partial charge in [-0.2, -0.15) is 0 Å². The van der Waals surface area contributed by atoms with Gasteiger partial charge in [-0.15, -0.1) is 0 Å². The lowest BCUT2D eigenvalue weighted by Crippen LogP contribution is -2.37. The monoisotopic (exact) mass is 304 g/mol. The molecule has 0 spiro atoms. The highest BCUT2D eigenvalue weighted by molar-refractivity contribution is 5.93. The van der Waals surface area contributed by atoms with Crippen LogP contribution < -0.4 is 16.0 Å². The van der Waals surface area contributed by atoms with E-state index in [1.165, 1.54) is 7.05 Å². The molecule has 22 heavy (non-hydrogen) atoms. The summed E-state index contributed by atoms with van der Waals surface area (Å²) in [5, 5.41) is 7.52. The zero-order valence-electron chi connectivity index (χ0n) is 13.1. The largest absolute Gasteiger partial charge is 0.440 e. The molecule has 2 rings (SSSR count). The Morgan fingerprint density at radius 1 is 1.27 bits per heavy atom. The molecule has 1 aromatic heterocycles. The van der Waals surface area contributed by atoms with E-state index in [-0.39, 0.29) is 17.9 Å². The first kappa shape index (κ1) is 15.8. The van der Waals surface area contributed by atoms with E-state index in [0.717, 1.165) is 0 Å². The van der Waals surface area contributed by atoms with Crippen molar-refractivity contribution in [3.05, 3.63) is 24.1 Å². The highest BCUT2D eigenvalue weighted by Crippen LogP contribution is 2.27. The topological polar surface area (TPSA) is 96.3 Å².